The maximum absolute atomic E-state index is 15.9. The molecule has 5 aliphatic carbocycles. The molecule has 19 N–H and O–H groups in total. The van der Waals surface area contributed by atoms with Gasteiger partial charge in [0.05, 0.1) is 49.7 Å². The van der Waals surface area contributed by atoms with Crippen molar-refractivity contribution in [3.05, 3.63) is 11.6 Å². The summed E-state index contributed by atoms with van der Waals surface area (Å²) in [6, 6.07) is 0. The largest absolute Gasteiger partial charge is 0.479 e. The number of aliphatic carboxylic acids is 1. The number of rotatable bonds is 19. The number of fused-ring (bicyclic) bond motifs is 7. The number of allylic oxidation sites excluding steroid dienone is 2. The van der Waals surface area contributed by atoms with Gasteiger partial charge < -0.3 is 173 Å². The minimum Gasteiger partial charge on any atom is -0.479 e. The fourth-order valence-corrected chi connectivity index (χ4v) is 20.4. The van der Waals surface area contributed by atoms with Crippen LogP contribution in [0, 0.1) is 50.2 Å². The second-order valence-corrected chi connectivity index (χ2v) is 34.2. The Hall–Kier alpha value is -3.42. The highest BCUT2D eigenvalue weighted by Gasteiger charge is 2.73. The zero-order valence-corrected chi connectivity index (χ0v) is 62.5. The van der Waals surface area contributed by atoms with E-state index in [1.165, 1.54) is 13.8 Å². The Morgan fingerprint density at radius 2 is 1.05 bits per heavy atom. The van der Waals surface area contributed by atoms with Crippen LogP contribution in [0.15, 0.2) is 11.6 Å². The predicted octanol–water partition coefficient (Wildman–Crippen LogP) is -6.42. The standard InChI is InChI=1S/C72H112O38/c1-25-38(79)45(86)56(108-63-51(92)54(52(26(2)100-63)104-59-46(87)39(80)30(76)21-97-59)106-62-49(90)44(85)42(83)33(102-62)23-96-27(3)75)64(99-25)110-66(95)72-17-16-67(4,5)18-29(72)28-10-11-35-68(6)14-13-37(69(7,24-74)34(68)12-15-70(35,8)71(28,9)19-36(72)78)103-65-57(109-61-48(89)43(84)41(82)32(20-73)101-61)53(50(91)55(107-65)58(93)94)105-60-47(88)40(81)31(77)22-98-60/h10,24-26,29-57,59-65,73,76-92H,11-23H2,1-9H3,(H,93,94)/t25-,26+,29+,30-,31+,32-,33-,34-,35-,36-,37+,38+,39+,40+,41+,42-,43+,44+,45+,46-,47-,48-,49-,50+,51-,52+,53+,54+,55+,56-,57-,59+,60+,61+,62+,63+,64+,65-,68+,69+,70-,71-,72-/m1/s1. The molecule has 12 aliphatic rings. The first-order valence-corrected chi connectivity index (χ1v) is 37.9. The van der Waals surface area contributed by atoms with Gasteiger partial charge in [0.25, 0.3) is 0 Å². The molecule has 38 heteroatoms. The molecule has 0 aromatic carbocycles. The molecule has 43 atom stereocenters. The third kappa shape index (κ3) is 15.0. The van der Waals surface area contributed by atoms with E-state index in [0.717, 1.165) is 18.8 Å². The van der Waals surface area contributed by atoms with Crippen molar-refractivity contribution < 1.29 is 187 Å². The van der Waals surface area contributed by atoms with Crippen LogP contribution in [0.4, 0.5) is 0 Å². The van der Waals surface area contributed by atoms with Crippen molar-refractivity contribution >= 4 is 24.2 Å². The molecular formula is C72H112O38. The third-order valence-electron chi connectivity index (χ3n) is 27.1. The number of carbonyl (C=O) groups is 4. The molecule has 0 bridgehead atoms. The summed E-state index contributed by atoms with van der Waals surface area (Å²) in [5.41, 5.74) is -5.07. The van der Waals surface area contributed by atoms with Crippen molar-refractivity contribution in [2.45, 2.75) is 335 Å². The molecule has 12 rings (SSSR count). The third-order valence-corrected chi connectivity index (χ3v) is 27.1. The van der Waals surface area contributed by atoms with E-state index < -0.39 is 304 Å². The average molecular weight is 1590 g/mol. The molecule has 628 valence electrons. The SMILES string of the molecule is CC(=O)OC[C@H]1O[C@@H](O[C@H]2[C@@H](O)[C@H](O[C@H]3[C@H](OC(=O)[C@]45CCC(C)(C)C[C@H]4C4=CC[C@@H]6[C@@]7(C)CC[C@H](O[C@@H]8O[C@H](C(=O)O)[C@@H](O)[C@H](O[C@@H]9OC[C@H](O)[C@H](O)[C@H]9O)[C@H]8O[C@@H]8O[C@H](CO)[C@H](O)[C@H](O)[C@H]8O)[C@@](C)(C=O)[C@@H]7CC[C@@]6(C)[C@]4(C)C[C@H]5O)O[C@H](C)[C@H](O)[C@@H]3O)O[C@@H](C)[C@@H]2O[C@@H]2OC[C@@H](O)[C@H](O)[C@H]2O)[C@H](O)[C@@H](O)[C@@H]1O. The number of aliphatic hydroxyl groups is 18. The van der Waals surface area contributed by atoms with E-state index in [-0.39, 0.29) is 25.2 Å². The first-order valence-electron chi connectivity index (χ1n) is 37.9. The zero-order valence-electron chi connectivity index (χ0n) is 62.5. The normalized spacial score (nSPS) is 53.7. The summed E-state index contributed by atoms with van der Waals surface area (Å²) in [5, 5.41) is 211. The second kappa shape index (κ2) is 32.5. The van der Waals surface area contributed by atoms with Crippen LogP contribution in [0.1, 0.15) is 120 Å². The number of ether oxygens (including phenoxy) is 15. The maximum Gasteiger partial charge on any atom is 0.335 e. The van der Waals surface area contributed by atoms with Crippen molar-refractivity contribution in [2.24, 2.45) is 50.2 Å². The quantitative estimate of drug-likeness (QED) is 0.0247. The van der Waals surface area contributed by atoms with Crippen molar-refractivity contribution in [1.29, 1.82) is 0 Å². The van der Waals surface area contributed by atoms with E-state index in [9.17, 15) is 111 Å². The summed E-state index contributed by atoms with van der Waals surface area (Å²) in [7, 11) is 0. The lowest BCUT2D eigenvalue weighted by molar-refractivity contribution is -0.394. The highest BCUT2D eigenvalue weighted by Crippen LogP contribution is 2.76. The number of aliphatic hydroxyl groups excluding tert-OH is 18. The van der Waals surface area contributed by atoms with E-state index in [2.05, 4.69) is 40.7 Å². The van der Waals surface area contributed by atoms with E-state index in [1.54, 1.807) is 6.92 Å². The number of hydrogen-bond donors (Lipinski definition) is 19. The molecule has 0 radical (unpaired) electrons. The average Bonchev–Trinajstić information content (AvgIpc) is 0.669. The smallest absolute Gasteiger partial charge is 0.335 e. The van der Waals surface area contributed by atoms with Gasteiger partial charge >= 0.3 is 17.9 Å². The summed E-state index contributed by atoms with van der Waals surface area (Å²) in [4.78, 5) is 55.1. The second-order valence-electron chi connectivity index (χ2n) is 34.2. The molecule has 0 aromatic heterocycles. The molecule has 7 heterocycles. The van der Waals surface area contributed by atoms with Crippen LogP contribution in [0.2, 0.25) is 0 Å². The van der Waals surface area contributed by atoms with Crippen LogP contribution in [-0.4, -0.2) is 363 Å². The van der Waals surface area contributed by atoms with E-state index in [4.69, 9.17) is 71.1 Å². The highest BCUT2D eigenvalue weighted by atomic mass is 16.8. The number of esters is 2. The van der Waals surface area contributed by atoms with Crippen LogP contribution < -0.4 is 0 Å². The van der Waals surface area contributed by atoms with Gasteiger partial charge in [0, 0.05) is 6.92 Å². The summed E-state index contributed by atoms with van der Waals surface area (Å²) in [6.45, 7) is 13.3. The van der Waals surface area contributed by atoms with Crippen LogP contribution in [-0.2, 0) is 90.2 Å². The molecule has 0 amide bonds. The summed E-state index contributed by atoms with van der Waals surface area (Å²) < 4.78 is 90.1. The zero-order chi connectivity index (χ0) is 80.5. The molecule has 7 saturated heterocycles. The molecule has 0 spiro atoms. The first kappa shape index (κ1) is 85.9. The van der Waals surface area contributed by atoms with E-state index >= 15 is 4.79 Å². The number of carboxylic acids is 1. The number of carboxylic acid groups (broad SMARTS) is 1. The van der Waals surface area contributed by atoms with Crippen LogP contribution in [0.5, 0.6) is 0 Å². The Morgan fingerprint density at radius 1 is 0.509 bits per heavy atom. The summed E-state index contributed by atoms with van der Waals surface area (Å²) >= 11 is 0. The monoisotopic (exact) mass is 1580 g/mol. The predicted molar refractivity (Wildman–Crippen MR) is 358 cm³/mol. The minimum absolute atomic E-state index is 0.00260. The molecule has 4 saturated carbocycles. The lowest BCUT2D eigenvalue weighted by Gasteiger charge is -2.71. The molecule has 38 nitrogen and oxygen atoms in total. The van der Waals surface area contributed by atoms with E-state index in [0.29, 0.717) is 38.5 Å². The van der Waals surface area contributed by atoms with Crippen molar-refractivity contribution in [3.63, 3.8) is 0 Å². The van der Waals surface area contributed by atoms with Gasteiger partial charge in [-0.25, -0.2) is 4.79 Å². The van der Waals surface area contributed by atoms with Gasteiger partial charge in [-0.3, -0.25) is 9.59 Å². The maximum atomic E-state index is 15.9. The van der Waals surface area contributed by atoms with E-state index in [1.807, 2.05) is 0 Å². The van der Waals surface area contributed by atoms with Crippen molar-refractivity contribution in [3.8, 4) is 0 Å². The Bertz CT molecular complexity index is 3260. The Balaban J connectivity index is 0.814. The van der Waals surface area contributed by atoms with Gasteiger partial charge in [0.1, 0.15) is 153 Å². The molecule has 7 aliphatic heterocycles. The van der Waals surface area contributed by atoms with Gasteiger partial charge in [-0.05, 0) is 111 Å². The highest BCUT2D eigenvalue weighted by molar-refractivity contribution is 5.80. The van der Waals surface area contributed by atoms with Crippen LogP contribution >= 0.6 is 0 Å². The topological polar surface area (TPSA) is 591 Å². The lowest BCUT2D eigenvalue weighted by Crippen LogP contribution is -2.69. The van der Waals surface area contributed by atoms with Crippen LogP contribution in [0.3, 0.4) is 0 Å². The van der Waals surface area contributed by atoms with Gasteiger partial charge in [-0.1, -0.05) is 53.2 Å². The van der Waals surface area contributed by atoms with Gasteiger partial charge in [0.2, 0.25) is 6.29 Å². The number of aldehydes is 1. The summed E-state index contributed by atoms with van der Waals surface area (Å²) in [6.07, 6.45) is -59.0. The lowest BCUT2D eigenvalue weighted by atomic mass is 9.33. The number of carbonyl (C=O) groups excluding carboxylic acids is 3. The van der Waals surface area contributed by atoms with Gasteiger partial charge in [-0.2, -0.15) is 0 Å². The number of hydrogen-bond acceptors (Lipinski definition) is 37. The first-order chi connectivity index (χ1) is 51.5. The van der Waals surface area contributed by atoms with Crippen molar-refractivity contribution in [2.75, 3.05) is 26.4 Å². The van der Waals surface area contributed by atoms with Gasteiger partial charge in [-0.15, -0.1) is 0 Å². The molecule has 0 aromatic rings. The van der Waals surface area contributed by atoms with Crippen molar-refractivity contribution in [1.82, 2.24) is 0 Å². The van der Waals surface area contributed by atoms with Crippen LogP contribution in [0.25, 0.3) is 0 Å². The molecule has 0 unspecified atom stereocenters. The summed E-state index contributed by atoms with van der Waals surface area (Å²) in [5.74, 6) is -5.00. The van der Waals surface area contributed by atoms with Gasteiger partial charge in [0.15, 0.2) is 49.9 Å². The Morgan fingerprint density at radius 3 is 1.64 bits per heavy atom. The Labute approximate surface area is 632 Å². The fraction of sp³-hybridized carbons (Fsp3) is 0.917. The molecular weight excluding hydrogens is 1470 g/mol. The Kier molecular flexibility index (Phi) is 25.4. The fourth-order valence-electron chi connectivity index (χ4n) is 20.4. The minimum atomic E-state index is -2.24. The molecule has 110 heavy (non-hydrogen) atoms. The molecule has 11 fully saturated rings.